The lowest BCUT2D eigenvalue weighted by Gasteiger charge is -2.31. The molecule has 2 aromatic heterocycles. The van der Waals surface area contributed by atoms with E-state index < -0.39 is 0 Å². The Bertz CT molecular complexity index is 836. The fourth-order valence-electron chi connectivity index (χ4n) is 3.27. The molecule has 4 rings (SSSR count). The molecule has 0 radical (unpaired) electrons. The van der Waals surface area contributed by atoms with Crippen LogP contribution in [0.2, 0.25) is 0 Å². The molecule has 0 N–H and O–H groups in total. The molecule has 3 heterocycles. The van der Waals surface area contributed by atoms with Crippen molar-refractivity contribution < 1.29 is 8.81 Å². The fraction of sp³-hybridized carbons (Fsp3) is 0.316. The SMILES string of the molecule is Fc1ccccc1CN1CCC[C@@H](c2nnc(-c3cccnc3)o2)C1. The van der Waals surface area contributed by atoms with Crippen molar-refractivity contribution in [2.45, 2.75) is 25.3 Å². The quantitative estimate of drug-likeness (QED) is 0.727. The second kappa shape index (κ2) is 7.11. The van der Waals surface area contributed by atoms with Gasteiger partial charge in [-0.15, -0.1) is 10.2 Å². The molecule has 0 saturated carbocycles. The lowest BCUT2D eigenvalue weighted by atomic mass is 9.97. The van der Waals surface area contributed by atoms with E-state index in [1.807, 2.05) is 24.3 Å². The van der Waals surface area contributed by atoms with Crippen molar-refractivity contribution in [1.29, 1.82) is 0 Å². The van der Waals surface area contributed by atoms with Crippen LogP contribution in [0.4, 0.5) is 4.39 Å². The first-order chi connectivity index (χ1) is 12.3. The molecule has 0 spiro atoms. The maximum Gasteiger partial charge on any atom is 0.249 e. The Morgan fingerprint density at radius 2 is 2.08 bits per heavy atom. The number of hydrogen-bond donors (Lipinski definition) is 0. The maximum absolute atomic E-state index is 13.9. The van der Waals surface area contributed by atoms with Crippen molar-refractivity contribution in [2.24, 2.45) is 0 Å². The summed E-state index contributed by atoms with van der Waals surface area (Å²) in [6.45, 7) is 2.35. The predicted octanol–water partition coefficient (Wildman–Crippen LogP) is 3.65. The van der Waals surface area contributed by atoms with Crippen LogP contribution < -0.4 is 0 Å². The van der Waals surface area contributed by atoms with Crippen LogP contribution in [0.1, 0.15) is 30.2 Å². The molecule has 6 heteroatoms. The third-order valence-electron chi connectivity index (χ3n) is 4.56. The first-order valence-corrected chi connectivity index (χ1v) is 8.49. The van der Waals surface area contributed by atoms with E-state index in [1.54, 1.807) is 18.5 Å². The monoisotopic (exact) mass is 338 g/mol. The molecule has 1 aliphatic heterocycles. The number of aromatic nitrogens is 3. The van der Waals surface area contributed by atoms with Gasteiger partial charge in [0.1, 0.15) is 5.82 Å². The molecule has 128 valence electrons. The first kappa shape index (κ1) is 15.9. The van der Waals surface area contributed by atoms with E-state index in [0.29, 0.717) is 18.3 Å². The van der Waals surface area contributed by atoms with Crippen molar-refractivity contribution >= 4 is 0 Å². The van der Waals surface area contributed by atoms with E-state index in [-0.39, 0.29) is 11.7 Å². The van der Waals surface area contributed by atoms with Gasteiger partial charge in [0.25, 0.3) is 0 Å². The van der Waals surface area contributed by atoms with E-state index in [4.69, 9.17) is 4.42 Å². The summed E-state index contributed by atoms with van der Waals surface area (Å²) < 4.78 is 19.8. The standard InChI is InChI=1S/C19H19FN4O/c20-17-8-2-1-5-15(17)12-24-10-4-7-16(13-24)19-23-22-18(25-19)14-6-3-9-21-11-14/h1-3,5-6,8-9,11,16H,4,7,10,12-13H2/t16-/m1/s1. The van der Waals surface area contributed by atoms with Gasteiger partial charge in [-0.3, -0.25) is 9.88 Å². The van der Waals surface area contributed by atoms with Crippen LogP contribution in [0.5, 0.6) is 0 Å². The third kappa shape index (κ3) is 3.58. The topological polar surface area (TPSA) is 55.1 Å². The van der Waals surface area contributed by atoms with Gasteiger partial charge >= 0.3 is 0 Å². The third-order valence-corrected chi connectivity index (χ3v) is 4.56. The average Bonchev–Trinajstić information content (AvgIpc) is 3.15. The molecule has 1 saturated heterocycles. The molecule has 0 aliphatic carbocycles. The second-order valence-corrected chi connectivity index (χ2v) is 6.35. The van der Waals surface area contributed by atoms with Gasteiger partial charge in [-0.2, -0.15) is 0 Å². The minimum atomic E-state index is -0.152. The van der Waals surface area contributed by atoms with Crippen molar-refractivity contribution in [2.75, 3.05) is 13.1 Å². The molecular formula is C19H19FN4O. The molecule has 1 aromatic carbocycles. The minimum Gasteiger partial charge on any atom is -0.420 e. The van der Waals surface area contributed by atoms with Crippen molar-refractivity contribution in [3.63, 3.8) is 0 Å². The highest BCUT2D eigenvalue weighted by Crippen LogP contribution is 2.29. The Morgan fingerprint density at radius 1 is 1.16 bits per heavy atom. The maximum atomic E-state index is 13.9. The highest BCUT2D eigenvalue weighted by atomic mass is 19.1. The van der Waals surface area contributed by atoms with Gasteiger partial charge in [0.15, 0.2) is 0 Å². The zero-order valence-electron chi connectivity index (χ0n) is 13.8. The van der Waals surface area contributed by atoms with Gasteiger partial charge in [0.2, 0.25) is 11.8 Å². The molecule has 1 aliphatic rings. The van der Waals surface area contributed by atoms with E-state index in [9.17, 15) is 4.39 Å². The average molecular weight is 338 g/mol. The number of nitrogens with zero attached hydrogens (tertiary/aromatic N) is 4. The first-order valence-electron chi connectivity index (χ1n) is 8.49. The second-order valence-electron chi connectivity index (χ2n) is 6.35. The van der Waals surface area contributed by atoms with Crippen LogP contribution in [0.25, 0.3) is 11.5 Å². The number of rotatable bonds is 4. The number of halogens is 1. The lowest BCUT2D eigenvalue weighted by Crippen LogP contribution is -2.34. The fourth-order valence-corrected chi connectivity index (χ4v) is 3.27. The zero-order valence-corrected chi connectivity index (χ0v) is 13.8. The van der Waals surface area contributed by atoms with Gasteiger partial charge in [0.05, 0.1) is 11.5 Å². The molecular weight excluding hydrogens is 319 g/mol. The highest BCUT2D eigenvalue weighted by Gasteiger charge is 2.26. The molecule has 0 bridgehead atoms. The Hall–Kier alpha value is -2.60. The normalized spacial score (nSPS) is 18.4. The van der Waals surface area contributed by atoms with Crippen molar-refractivity contribution in [3.8, 4) is 11.5 Å². The molecule has 25 heavy (non-hydrogen) atoms. The molecule has 0 unspecified atom stereocenters. The summed E-state index contributed by atoms with van der Waals surface area (Å²) >= 11 is 0. The van der Waals surface area contributed by atoms with Gasteiger partial charge in [-0.05, 0) is 37.6 Å². The minimum absolute atomic E-state index is 0.152. The van der Waals surface area contributed by atoms with E-state index in [1.165, 1.54) is 6.07 Å². The van der Waals surface area contributed by atoms with Crippen LogP contribution in [-0.2, 0) is 6.54 Å². The van der Waals surface area contributed by atoms with Crippen molar-refractivity contribution in [1.82, 2.24) is 20.1 Å². The largest absolute Gasteiger partial charge is 0.420 e. The van der Waals surface area contributed by atoms with Crippen LogP contribution in [-0.4, -0.2) is 33.2 Å². The van der Waals surface area contributed by atoms with Gasteiger partial charge < -0.3 is 4.42 Å². The Kier molecular flexibility index (Phi) is 4.52. The summed E-state index contributed by atoms with van der Waals surface area (Å²) in [5.41, 5.74) is 1.55. The number of likely N-dealkylation sites (tertiary alicyclic amines) is 1. The number of piperidine rings is 1. The Labute approximate surface area is 145 Å². The van der Waals surface area contributed by atoms with E-state index in [0.717, 1.165) is 37.1 Å². The molecule has 1 fully saturated rings. The van der Waals surface area contributed by atoms with E-state index in [2.05, 4.69) is 20.1 Å². The molecule has 1 atom stereocenters. The van der Waals surface area contributed by atoms with Crippen LogP contribution >= 0.6 is 0 Å². The molecule has 3 aromatic rings. The number of pyridine rings is 1. The zero-order chi connectivity index (χ0) is 17.1. The summed E-state index contributed by atoms with van der Waals surface area (Å²) in [5.74, 6) is 1.17. The summed E-state index contributed by atoms with van der Waals surface area (Å²) in [6, 6.07) is 10.7. The highest BCUT2D eigenvalue weighted by molar-refractivity contribution is 5.50. The summed E-state index contributed by atoms with van der Waals surface area (Å²) in [5, 5.41) is 8.38. The molecule has 5 nitrogen and oxygen atoms in total. The molecule has 0 amide bonds. The number of hydrogen-bond acceptors (Lipinski definition) is 5. The Morgan fingerprint density at radius 3 is 2.92 bits per heavy atom. The smallest absolute Gasteiger partial charge is 0.249 e. The van der Waals surface area contributed by atoms with Gasteiger partial charge in [0, 0.05) is 31.0 Å². The van der Waals surface area contributed by atoms with Crippen LogP contribution in [0.3, 0.4) is 0 Å². The lowest BCUT2D eigenvalue weighted by molar-refractivity contribution is 0.184. The predicted molar refractivity (Wildman–Crippen MR) is 91.2 cm³/mol. The van der Waals surface area contributed by atoms with Crippen LogP contribution in [0.15, 0.2) is 53.2 Å². The Balaban J connectivity index is 1.46. The summed E-state index contributed by atoms with van der Waals surface area (Å²) in [4.78, 5) is 6.33. The van der Waals surface area contributed by atoms with Crippen LogP contribution in [0, 0.1) is 5.82 Å². The van der Waals surface area contributed by atoms with E-state index >= 15 is 0 Å². The van der Waals surface area contributed by atoms with Crippen molar-refractivity contribution in [3.05, 3.63) is 66.1 Å². The summed E-state index contributed by atoms with van der Waals surface area (Å²) in [6.07, 6.45) is 5.46. The van der Waals surface area contributed by atoms with Gasteiger partial charge in [-0.25, -0.2) is 4.39 Å². The summed E-state index contributed by atoms with van der Waals surface area (Å²) in [7, 11) is 0. The number of benzene rings is 1. The van der Waals surface area contributed by atoms with Gasteiger partial charge in [-0.1, -0.05) is 18.2 Å².